The van der Waals surface area contributed by atoms with Crippen molar-refractivity contribution in [3.63, 3.8) is 0 Å². The molecule has 1 heterocycles. The molecular weight excluding hydrogens is 194 g/mol. The molecule has 0 aromatic rings. The smallest absolute Gasteiger partial charge is 0.242 e. The van der Waals surface area contributed by atoms with E-state index in [2.05, 4.69) is 16.0 Å². The Bertz CT molecular complexity index is 237. The number of carbonyl (C=O) groups excluding carboxylic acids is 2. The van der Waals surface area contributed by atoms with Gasteiger partial charge in [-0.15, -0.1) is 0 Å². The monoisotopic (exact) mass is 213 g/mol. The minimum Gasteiger partial charge on any atom is -0.357 e. The maximum atomic E-state index is 11.7. The van der Waals surface area contributed by atoms with Crippen molar-refractivity contribution in [2.75, 3.05) is 13.6 Å². The number of hydrogen-bond acceptors (Lipinski definition) is 3. The highest BCUT2D eigenvalue weighted by Gasteiger charge is 2.23. The molecule has 3 N–H and O–H groups in total. The van der Waals surface area contributed by atoms with Crippen LogP contribution >= 0.6 is 0 Å². The zero-order valence-electron chi connectivity index (χ0n) is 9.30. The Morgan fingerprint density at radius 3 is 2.67 bits per heavy atom. The summed E-state index contributed by atoms with van der Waals surface area (Å²) in [7, 11) is 1.56. The van der Waals surface area contributed by atoms with Crippen LogP contribution in [0.5, 0.6) is 0 Å². The van der Waals surface area contributed by atoms with Crippen molar-refractivity contribution in [3.05, 3.63) is 0 Å². The second-order valence-electron chi connectivity index (χ2n) is 3.85. The lowest BCUT2D eigenvalue weighted by Gasteiger charge is -2.24. The fourth-order valence-electron chi connectivity index (χ4n) is 1.67. The number of carbonyl (C=O) groups is 2. The van der Waals surface area contributed by atoms with Gasteiger partial charge in [-0.25, -0.2) is 0 Å². The molecule has 1 aliphatic rings. The standard InChI is InChI=1S/C10H19N3O2/c1-7(9(14)11-2)13-10(15)8-5-3-4-6-12-8/h7-8,12H,3-6H2,1-2H3,(H,11,14)(H,13,15)/t7-,8-/m1/s1. The van der Waals surface area contributed by atoms with E-state index in [1.54, 1.807) is 14.0 Å². The number of rotatable bonds is 3. The van der Waals surface area contributed by atoms with Crippen molar-refractivity contribution < 1.29 is 9.59 Å². The van der Waals surface area contributed by atoms with E-state index >= 15 is 0 Å². The average molecular weight is 213 g/mol. The van der Waals surface area contributed by atoms with Gasteiger partial charge < -0.3 is 16.0 Å². The molecule has 0 radical (unpaired) electrons. The highest BCUT2D eigenvalue weighted by molar-refractivity contribution is 5.89. The van der Waals surface area contributed by atoms with Crippen molar-refractivity contribution in [1.29, 1.82) is 0 Å². The van der Waals surface area contributed by atoms with Crippen LogP contribution in [-0.4, -0.2) is 37.5 Å². The Hall–Kier alpha value is -1.10. The van der Waals surface area contributed by atoms with E-state index in [1.165, 1.54) is 0 Å². The number of likely N-dealkylation sites (N-methyl/N-ethyl adjacent to an activating group) is 1. The van der Waals surface area contributed by atoms with E-state index in [-0.39, 0.29) is 17.9 Å². The van der Waals surface area contributed by atoms with Gasteiger partial charge in [0.15, 0.2) is 0 Å². The third-order valence-corrected chi connectivity index (χ3v) is 2.63. The molecule has 2 amide bonds. The largest absolute Gasteiger partial charge is 0.357 e. The number of piperidine rings is 1. The Morgan fingerprint density at radius 2 is 2.13 bits per heavy atom. The molecular formula is C10H19N3O2. The number of hydrogen-bond donors (Lipinski definition) is 3. The first-order valence-corrected chi connectivity index (χ1v) is 5.40. The molecule has 0 bridgehead atoms. The summed E-state index contributed by atoms with van der Waals surface area (Å²) in [4.78, 5) is 22.9. The van der Waals surface area contributed by atoms with Gasteiger partial charge in [0, 0.05) is 7.05 Å². The number of nitrogens with one attached hydrogen (secondary N) is 3. The lowest BCUT2D eigenvalue weighted by atomic mass is 10.0. The molecule has 2 atom stereocenters. The summed E-state index contributed by atoms with van der Waals surface area (Å²) in [5.41, 5.74) is 0. The summed E-state index contributed by atoms with van der Waals surface area (Å²) in [5.74, 6) is -0.245. The lowest BCUT2D eigenvalue weighted by Crippen LogP contribution is -2.52. The lowest BCUT2D eigenvalue weighted by molar-refractivity contribution is -0.129. The maximum absolute atomic E-state index is 11.7. The zero-order chi connectivity index (χ0) is 11.3. The summed E-state index contributed by atoms with van der Waals surface area (Å²) in [6, 6.07) is -0.600. The minimum absolute atomic E-state index is 0.0780. The second-order valence-corrected chi connectivity index (χ2v) is 3.85. The number of amides is 2. The summed E-state index contributed by atoms with van der Waals surface area (Å²) in [6.07, 6.45) is 3.04. The van der Waals surface area contributed by atoms with E-state index in [9.17, 15) is 9.59 Å². The molecule has 0 unspecified atom stereocenters. The predicted molar refractivity (Wildman–Crippen MR) is 57.3 cm³/mol. The van der Waals surface area contributed by atoms with Crippen LogP contribution in [0, 0.1) is 0 Å². The van der Waals surface area contributed by atoms with Crippen LogP contribution in [0.2, 0.25) is 0 Å². The molecule has 0 aromatic heterocycles. The van der Waals surface area contributed by atoms with Gasteiger partial charge >= 0.3 is 0 Å². The predicted octanol–water partition coefficient (Wildman–Crippen LogP) is -0.621. The van der Waals surface area contributed by atoms with Gasteiger partial charge in [-0.1, -0.05) is 6.42 Å². The van der Waals surface area contributed by atoms with Gasteiger partial charge in [0.25, 0.3) is 0 Å². The highest BCUT2D eigenvalue weighted by atomic mass is 16.2. The first-order chi connectivity index (χ1) is 7.15. The molecule has 86 valence electrons. The van der Waals surface area contributed by atoms with Crippen LogP contribution in [-0.2, 0) is 9.59 Å². The van der Waals surface area contributed by atoms with Gasteiger partial charge in [-0.3, -0.25) is 9.59 Å². The molecule has 5 heteroatoms. The normalized spacial score (nSPS) is 22.9. The Kier molecular flexibility index (Phi) is 4.55. The van der Waals surface area contributed by atoms with Crippen LogP contribution in [0.15, 0.2) is 0 Å². The molecule has 0 aliphatic carbocycles. The molecule has 1 fully saturated rings. The minimum atomic E-state index is -0.466. The zero-order valence-corrected chi connectivity index (χ0v) is 9.30. The topological polar surface area (TPSA) is 70.2 Å². The van der Waals surface area contributed by atoms with Crippen molar-refractivity contribution in [2.24, 2.45) is 0 Å². The first-order valence-electron chi connectivity index (χ1n) is 5.40. The molecule has 0 spiro atoms. The van der Waals surface area contributed by atoms with E-state index in [0.29, 0.717) is 0 Å². The SMILES string of the molecule is CNC(=O)[C@@H](C)NC(=O)[C@H]1CCCCN1. The molecule has 5 nitrogen and oxygen atoms in total. The second kappa shape index (κ2) is 5.70. The molecule has 1 rings (SSSR count). The summed E-state index contributed by atoms with van der Waals surface area (Å²) in [5, 5.41) is 8.32. The molecule has 1 aliphatic heterocycles. The van der Waals surface area contributed by atoms with Crippen LogP contribution in [0.1, 0.15) is 26.2 Å². The van der Waals surface area contributed by atoms with Crippen molar-refractivity contribution >= 4 is 11.8 Å². The van der Waals surface area contributed by atoms with E-state index in [1.807, 2.05) is 0 Å². The highest BCUT2D eigenvalue weighted by Crippen LogP contribution is 2.06. The Labute approximate surface area is 90.0 Å². The summed E-state index contributed by atoms with van der Waals surface area (Å²) >= 11 is 0. The third kappa shape index (κ3) is 3.51. The summed E-state index contributed by atoms with van der Waals surface area (Å²) in [6.45, 7) is 2.56. The van der Waals surface area contributed by atoms with Gasteiger partial charge in [-0.2, -0.15) is 0 Å². The fourth-order valence-corrected chi connectivity index (χ4v) is 1.67. The molecule has 0 saturated carbocycles. The van der Waals surface area contributed by atoms with Gasteiger partial charge in [0.05, 0.1) is 6.04 Å². The Balaban J connectivity index is 2.36. The third-order valence-electron chi connectivity index (χ3n) is 2.63. The van der Waals surface area contributed by atoms with Crippen molar-refractivity contribution in [3.8, 4) is 0 Å². The van der Waals surface area contributed by atoms with Gasteiger partial charge in [-0.05, 0) is 26.3 Å². The Morgan fingerprint density at radius 1 is 1.40 bits per heavy atom. The van der Waals surface area contributed by atoms with E-state index in [4.69, 9.17) is 0 Å². The van der Waals surface area contributed by atoms with Gasteiger partial charge in [0.1, 0.15) is 6.04 Å². The van der Waals surface area contributed by atoms with E-state index < -0.39 is 6.04 Å². The molecule has 15 heavy (non-hydrogen) atoms. The maximum Gasteiger partial charge on any atom is 0.242 e. The average Bonchev–Trinajstić information content (AvgIpc) is 2.29. The van der Waals surface area contributed by atoms with Crippen LogP contribution in [0.3, 0.4) is 0 Å². The van der Waals surface area contributed by atoms with Gasteiger partial charge in [0.2, 0.25) is 11.8 Å². The molecule has 0 aromatic carbocycles. The quantitative estimate of drug-likeness (QED) is 0.585. The van der Waals surface area contributed by atoms with Crippen LogP contribution in [0.25, 0.3) is 0 Å². The van der Waals surface area contributed by atoms with Crippen LogP contribution < -0.4 is 16.0 Å². The van der Waals surface area contributed by atoms with Crippen molar-refractivity contribution in [1.82, 2.24) is 16.0 Å². The first kappa shape index (κ1) is 12.0. The van der Waals surface area contributed by atoms with Crippen molar-refractivity contribution in [2.45, 2.75) is 38.3 Å². The fraction of sp³-hybridized carbons (Fsp3) is 0.800. The summed E-state index contributed by atoms with van der Waals surface area (Å²) < 4.78 is 0. The van der Waals surface area contributed by atoms with Crippen LogP contribution in [0.4, 0.5) is 0 Å². The van der Waals surface area contributed by atoms with E-state index in [0.717, 1.165) is 25.8 Å². The molecule has 1 saturated heterocycles.